The topological polar surface area (TPSA) is 38.5 Å². The first kappa shape index (κ1) is 12.9. The fourth-order valence-corrected chi connectivity index (χ4v) is 3.27. The van der Waals surface area contributed by atoms with Crippen LogP contribution in [0, 0.1) is 5.82 Å². The maximum Gasteiger partial charge on any atom is 0.125 e. The number of hydrogen-bond donors (Lipinski definition) is 1. The van der Waals surface area contributed by atoms with Crippen LogP contribution in [-0.2, 0) is 0 Å². The molecular formula is C15H21FN2O. The molecule has 0 saturated carbocycles. The van der Waals surface area contributed by atoms with Crippen molar-refractivity contribution in [2.45, 2.75) is 37.8 Å². The van der Waals surface area contributed by atoms with Crippen molar-refractivity contribution in [2.24, 2.45) is 5.73 Å². The van der Waals surface area contributed by atoms with Gasteiger partial charge in [0.05, 0.1) is 0 Å². The molecule has 1 aromatic rings. The number of hydrogen-bond acceptors (Lipinski definition) is 3. The molecule has 2 N–H and O–H groups in total. The van der Waals surface area contributed by atoms with Crippen LogP contribution in [0.25, 0.3) is 0 Å². The van der Waals surface area contributed by atoms with E-state index in [1.807, 2.05) is 0 Å². The van der Waals surface area contributed by atoms with Gasteiger partial charge >= 0.3 is 0 Å². The molecule has 2 aliphatic heterocycles. The molecule has 0 radical (unpaired) electrons. The van der Waals surface area contributed by atoms with Gasteiger partial charge < -0.3 is 15.4 Å². The molecule has 1 atom stereocenters. The highest BCUT2D eigenvalue weighted by atomic mass is 19.1. The lowest BCUT2D eigenvalue weighted by atomic mass is 9.81. The van der Waals surface area contributed by atoms with Gasteiger partial charge in [0.2, 0.25) is 0 Å². The second-order valence-corrected chi connectivity index (χ2v) is 5.71. The third-order valence-corrected chi connectivity index (χ3v) is 4.50. The van der Waals surface area contributed by atoms with Crippen molar-refractivity contribution in [2.75, 3.05) is 19.6 Å². The summed E-state index contributed by atoms with van der Waals surface area (Å²) in [4.78, 5) is 2.43. The van der Waals surface area contributed by atoms with Crippen LogP contribution < -0.4 is 10.5 Å². The van der Waals surface area contributed by atoms with Gasteiger partial charge in [0.15, 0.2) is 0 Å². The highest BCUT2D eigenvalue weighted by Gasteiger charge is 2.42. The van der Waals surface area contributed by atoms with Gasteiger partial charge in [0.1, 0.15) is 17.2 Å². The Balaban J connectivity index is 1.83. The largest absolute Gasteiger partial charge is 0.487 e. The van der Waals surface area contributed by atoms with E-state index in [9.17, 15) is 4.39 Å². The van der Waals surface area contributed by atoms with Crippen LogP contribution in [-0.4, -0.2) is 30.1 Å². The first-order valence-corrected chi connectivity index (χ1v) is 7.08. The Bertz CT molecular complexity index is 469. The first-order valence-electron chi connectivity index (χ1n) is 7.08. The predicted octanol–water partition coefficient (Wildman–Crippen LogP) is 2.46. The maximum absolute atomic E-state index is 13.3. The number of piperidine rings is 1. The number of nitrogens with two attached hydrogens (primary N) is 1. The van der Waals surface area contributed by atoms with Crippen LogP contribution in [0.1, 0.15) is 37.8 Å². The van der Waals surface area contributed by atoms with E-state index in [4.69, 9.17) is 10.5 Å². The predicted molar refractivity (Wildman–Crippen MR) is 72.7 cm³/mol. The molecule has 2 heterocycles. The first-order chi connectivity index (χ1) is 9.12. The van der Waals surface area contributed by atoms with Gasteiger partial charge in [-0.3, -0.25) is 0 Å². The Labute approximate surface area is 113 Å². The second kappa shape index (κ2) is 4.76. The second-order valence-electron chi connectivity index (χ2n) is 5.71. The lowest BCUT2D eigenvalue weighted by molar-refractivity contribution is -0.0206. The van der Waals surface area contributed by atoms with E-state index in [0.717, 1.165) is 50.2 Å². The average Bonchev–Trinajstić information content (AvgIpc) is 2.41. The van der Waals surface area contributed by atoms with E-state index in [2.05, 4.69) is 11.8 Å². The lowest BCUT2D eigenvalue weighted by Crippen LogP contribution is -2.51. The Morgan fingerprint density at radius 1 is 1.42 bits per heavy atom. The van der Waals surface area contributed by atoms with E-state index in [1.165, 1.54) is 12.1 Å². The summed E-state index contributed by atoms with van der Waals surface area (Å²) in [6, 6.07) is 4.56. The molecule has 104 valence electrons. The zero-order chi connectivity index (χ0) is 13.5. The minimum absolute atomic E-state index is 0.118. The normalized spacial score (nSPS) is 25.9. The zero-order valence-electron chi connectivity index (χ0n) is 11.4. The summed E-state index contributed by atoms with van der Waals surface area (Å²) >= 11 is 0. The Kier molecular flexibility index (Phi) is 3.23. The number of likely N-dealkylation sites (tertiary alicyclic amines) is 1. The third-order valence-electron chi connectivity index (χ3n) is 4.50. The molecule has 3 rings (SSSR count). The molecule has 0 amide bonds. The molecule has 3 nitrogen and oxygen atoms in total. The van der Waals surface area contributed by atoms with Crippen molar-refractivity contribution in [1.29, 1.82) is 0 Å². The third kappa shape index (κ3) is 2.35. The molecule has 0 aromatic heterocycles. The van der Waals surface area contributed by atoms with Gasteiger partial charge in [-0.25, -0.2) is 4.39 Å². The molecule has 0 bridgehead atoms. The summed E-state index contributed by atoms with van der Waals surface area (Å²) in [5.74, 6) is 0.527. The summed E-state index contributed by atoms with van der Waals surface area (Å²) in [6.07, 6.45) is 2.80. The quantitative estimate of drug-likeness (QED) is 0.847. The number of benzene rings is 1. The number of fused-ring (bicyclic) bond motifs is 1. The van der Waals surface area contributed by atoms with Gasteiger partial charge in [-0.1, -0.05) is 6.92 Å². The summed E-state index contributed by atoms with van der Waals surface area (Å²) in [7, 11) is 0. The summed E-state index contributed by atoms with van der Waals surface area (Å²) in [5, 5.41) is 0. The van der Waals surface area contributed by atoms with Gasteiger partial charge in [-0.15, -0.1) is 0 Å². The molecular weight excluding hydrogens is 243 g/mol. The van der Waals surface area contributed by atoms with Gasteiger partial charge in [-0.2, -0.15) is 0 Å². The van der Waals surface area contributed by atoms with Gasteiger partial charge in [0.25, 0.3) is 0 Å². The van der Waals surface area contributed by atoms with Gasteiger partial charge in [-0.05, 0) is 37.6 Å². The van der Waals surface area contributed by atoms with Gasteiger partial charge in [0, 0.05) is 31.1 Å². The Hall–Kier alpha value is -1.13. The standard InChI is InChI=1S/C15H21FN2O/c1-2-18-7-5-15(6-8-18)10-13(17)12-9-11(16)3-4-14(12)19-15/h3-4,9,13H,2,5-8,10,17H2,1H3/t13-/m1/s1. The van der Waals surface area contributed by atoms with E-state index in [1.54, 1.807) is 6.07 Å². The fourth-order valence-electron chi connectivity index (χ4n) is 3.27. The Morgan fingerprint density at radius 2 is 2.16 bits per heavy atom. The molecule has 0 aliphatic carbocycles. The summed E-state index contributed by atoms with van der Waals surface area (Å²) < 4.78 is 19.5. The van der Waals surface area contributed by atoms with E-state index >= 15 is 0 Å². The van der Waals surface area contributed by atoms with E-state index in [-0.39, 0.29) is 17.5 Å². The van der Waals surface area contributed by atoms with Crippen molar-refractivity contribution in [1.82, 2.24) is 4.90 Å². The molecule has 19 heavy (non-hydrogen) atoms. The van der Waals surface area contributed by atoms with Crippen LogP contribution in [0.5, 0.6) is 5.75 Å². The van der Waals surface area contributed by atoms with Crippen molar-refractivity contribution in [3.8, 4) is 5.75 Å². The molecule has 4 heteroatoms. The monoisotopic (exact) mass is 264 g/mol. The zero-order valence-corrected chi connectivity index (χ0v) is 11.4. The minimum atomic E-state index is -0.241. The van der Waals surface area contributed by atoms with Crippen molar-refractivity contribution >= 4 is 0 Å². The number of halogens is 1. The summed E-state index contributed by atoms with van der Waals surface area (Å²) in [6.45, 7) is 5.38. The van der Waals surface area contributed by atoms with Crippen LogP contribution >= 0.6 is 0 Å². The van der Waals surface area contributed by atoms with Crippen LogP contribution in [0.2, 0.25) is 0 Å². The lowest BCUT2D eigenvalue weighted by Gasteiger charge is -2.46. The number of rotatable bonds is 1. The van der Waals surface area contributed by atoms with E-state index in [0.29, 0.717) is 0 Å². The Morgan fingerprint density at radius 3 is 2.84 bits per heavy atom. The highest BCUT2D eigenvalue weighted by molar-refractivity contribution is 5.39. The van der Waals surface area contributed by atoms with Crippen LogP contribution in [0.3, 0.4) is 0 Å². The van der Waals surface area contributed by atoms with Crippen molar-refractivity contribution in [3.05, 3.63) is 29.6 Å². The van der Waals surface area contributed by atoms with E-state index < -0.39 is 0 Å². The number of nitrogens with zero attached hydrogens (tertiary/aromatic N) is 1. The summed E-state index contributed by atoms with van der Waals surface area (Å²) in [5.41, 5.74) is 6.89. The molecule has 2 aliphatic rings. The number of ether oxygens (including phenoxy) is 1. The molecule has 1 saturated heterocycles. The van der Waals surface area contributed by atoms with Crippen LogP contribution in [0.15, 0.2) is 18.2 Å². The highest BCUT2D eigenvalue weighted by Crippen LogP contribution is 2.43. The molecule has 1 aromatic carbocycles. The van der Waals surface area contributed by atoms with Crippen LogP contribution in [0.4, 0.5) is 4.39 Å². The van der Waals surface area contributed by atoms with Crippen molar-refractivity contribution < 1.29 is 9.13 Å². The van der Waals surface area contributed by atoms with Crippen molar-refractivity contribution in [3.63, 3.8) is 0 Å². The maximum atomic E-state index is 13.3. The molecule has 0 unspecified atom stereocenters. The SMILES string of the molecule is CCN1CCC2(CC1)C[C@@H](N)c1cc(F)ccc1O2. The average molecular weight is 264 g/mol. The minimum Gasteiger partial charge on any atom is -0.487 e. The smallest absolute Gasteiger partial charge is 0.125 e. The molecule has 1 fully saturated rings. The molecule has 1 spiro atoms. The fraction of sp³-hybridized carbons (Fsp3) is 0.600.